The second kappa shape index (κ2) is 4.58. The van der Waals surface area contributed by atoms with Gasteiger partial charge in [-0.1, -0.05) is 49.1 Å². The minimum absolute atomic E-state index is 0.676. The SMILES string of the molecule is C=C1/C(=N\c2ccccc2N)C=Cc2ccccc21. The molecule has 0 heterocycles. The number of nitrogens with two attached hydrogens (primary N) is 1. The standard InChI is InChI=1S/C17H14N2/c1-12-14-7-3-2-6-13(14)10-11-16(12)19-17-9-5-4-8-15(17)18/h2-11H,1,18H2/b19-16-. The van der Waals surface area contributed by atoms with E-state index in [0.717, 1.165) is 22.5 Å². The fourth-order valence-corrected chi connectivity index (χ4v) is 2.15. The molecule has 0 spiro atoms. The van der Waals surface area contributed by atoms with Crippen LogP contribution in [-0.2, 0) is 0 Å². The maximum Gasteiger partial charge on any atom is 0.0866 e. The van der Waals surface area contributed by atoms with Crippen molar-refractivity contribution in [1.82, 2.24) is 0 Å². The Bertz CT molecular complexity index is 709. The molecule has 2 nitrogen and oxygen atoms in total. The van der Waals surface area contributed by atoms with Crippen LogP contribution in [0.4, 0.5) is 11.4 Å². The van der Waals surface area contributed by atoms with E-state index in [9.17, 15) is 0 Å². The summed E-state index contributed by atoms with van der Waals surface area (Å²) < 4.78 is 0. The molecule has 0 radical (unpaired) electrons. The van der Waals surface area contributed by atoms with Crippen molar-refractivity contribution in [2.24, 2.45) is 4.99 Å². The van der Waals surface area contributed by atoms with E-state index in [1.807, 2.05) is 42.5 Å². The summed E-state index contributed by atoms with van der Waals surface area (Å²) in [4.78, 5) is 4.60. The number of fused-ring (bicyclic) bond motifs is 1. The number of allylic oxidation sites excluding steroid dienone is 2. The number of rotatable bonds is 1. The lowest BCUT2D eigenvalue weighted by Crippen LogP contribution is -2.03. The normalized spacial score (nSPS) is 15.6. The average molecular weight is 246 g/mol. The van der Waals surface area contributed by atoms with Crippen LogP contribution in [-0.4, -0.2) is 5.71 Å². The van der Waals surface area contributed by atoms with Gasteiger partial charge in [-0.25, -0.2) is 4.99 Å². The van der Waals surface area contributed by atoms with Crippen LogP contribution in [0.2, 0.25) is 0 Å². The summed E-state index contributed by atoms with van der Waals surface area (Å²) in [5.41, 5.74) is 11.5. The maximum atomic E-state index is 5.92. The van der Waals surface area contributed by atoms with E-state index >= 15 is 0 Å². The number of para-hydroxylation sites is 2. The van der Waals surface area contributed by atoms with Gasteiger partial charge < -0.3 is 5.73 Å². The van der Waals surface area contributed by atoms with Gasteiger partial charge in [-0.2, -0.15) is 0 Å². The molecule has 0 aromatic heterocycles. The molecule has 0 saturated heterocycles. The van der Waals surface area contributed by atoms with E-state index in [4.69, 9.17) is 5.73 Å². The largest absolute Gasteiger partial charge is 0.397 e. The van der Waals surface area contributed by atoms with Crippen LogP contribution < -0.4 is 5.73 Å². The van der Waals surface area contributed by atoms with Crippen molar-refractivity contribution in [3.05, 3.63) is 72.3 Å². The molecule has 3 rings (SSSR count). The number of nitrogens with zero attached hydrogens (tertiary/aromatic N) is 1. The summed E-state index contributed by atoms with van der Waals surface area (Å²) >= 11 is 0. The average Bonchev–Trinajstić information content (AvgIpc) is 2.44. The van der Waals surface area contributed by atoms with Gasteiger partial charge in [0.25, 0.3) is 0 Å². The summed E-state index contributed by atoms with van der Waals surface area (Å²) in [5, 5.41) is 0. The third kappa shape index (κ3) is 2.08. The van der Waals surface area contributed by atoms with Crippen LogP contribution in [0.25, 0.3) is 11.6 Å². The van der Waals surface area contributed by atoms with Gasteiger partial charge in [0.2, 0.25) is 0 Å². The first-order valence-corrected chi connectivity index (χ1v) is 6.15. The van der Waals surface area contributed by atoms with Gasteiger partial charge >= 0.3 is 0 Å². The molecule has 2 aromatic rings. The molecule has 0 fully saturated rings. The Hall–Kier alpha value is -2.61. The van der Waals surface area contributed by atoms with E-state index in [2.05, 4.69) is 29.8 Å². The summed E-state index contributed by atoms with van der Waals surface area (Å²) in [6, 6.07) is 15.8. The molecule has 19 heavy (non-hydrogen) atoms. The molecule has 0 atom stereocenters. The number of anilines is 1. The van der Waals surface area contributed by atoms with E-state index in [1.165, 1.54) is 5.56 Å². The van der Waals surface area contributed by atoms with Crippen LogP contribution in [0.15, 0.2) is 66.2 Å². The molecule has 1 aliphatic carbocycles. The minimum atomic E-state index is 0.676. The summed E-state index contributed by atoms with van der Waals surface area (Å²) in [7, 11) is 0. The van der Waals surface area contributed by atoms with Gasteiger partial charge in [0.1, 0.15) is 0 Å². The molecular weight excluding hydrogens is 232 g/mol. The Labute approximate surface area is 112 Å². The molecule has 2 heteroatoms. The van der Waals surface area contributed by atoms with Crippen molar-refractivity contribution < 1.29 is 0 Å². The van der Waals surface area contributed by atoms with Crippen LogP contribution in [0.3, 0.4) is 0 Å². The quantitative estimate of drug-likeness (QED) is 0.756. The fraction of sp³-hybridized carbons (Fsp3) is 0. The Kier molecular flexibility index (Phi) is 2.76. The lowest BCUT2D eigenvalue weighted by atomic mass is 9.92. The van der Waals surface area contributed by atoms with Crippen molar-refractivity contribution in [3.8, 4) is 0 Å². The fourth-order valence-electron chi connectivity index (χ4n) is 2.15. The highest BCUT2D eigenvalue weighted by Crippen LogP contribution is 2.29. The van der Waals surface area contributed by atoms with Crippen LogP contribution in [0.5, 0.6) is 0 Å². The molecule has 0 unspecified atom stereocenters. The zero-order valence-corrected chi connectivity index (χ0v) is 10.5. The minimum Gasteiger partial charge on any atom is -0.397 e. The highest BCUT2D eigenvalue weighted by molar-refractivity contribution is 6.32. The lowest BCUT2D eigenvalue weighted by molar-refractivity contribution is 1.50. The van der Waals surface area contributed by atoms with Crippen LogP contribution >= 0.6 is 0 Å². The van der Waals surface area contributed by atoms with E-state index in [-0.39, 0.29) is 0 Å². The Morgan fingerprint density at radius 2 is 1.63 bits per heavy atom. The van der Waals surface area contributed by atoms with Gasteiger partial charge in [-0.05, 0) is 29.3 Å². The van der Waals surface area contributed by atoms with Crippen molar-refractivity contribution >= 4 is 28.7 Å². The predicted molar refractivity (Wildman–Crippen MR) is 82.5 cm³/mol. The number of hydrogen-bond acceptors (Lipinski definition) is 2. The van der Waals surface area contributed by atoms with Gasteiger partial charge in [0, 0.05) is 5.57 Å². The Morgan fingerprint density at radius 3 is 2.47 bits per heavy atom. The highest BCUT2D eigenvalue weighted by Gasteiger charge is 2.13. The molecule has 0 amide bonds. The van der Waals surface area contributed by atoms with Gasteiger partial charge in [0.15, 0.2) is 0 Å². The Morgan fingerprint density at radius 1 is 0.895 bits per heavy atom. The third-order valence-electron chi connectivity index (χ3n) is 3.19. The second-order valence-electron chi connectivity index (χ2n) is 4.45. The van der Waals surface area contributed by atoms with Crippen molar-refractivity contribution in [3.63, 3.8) is 0 Å². The number of nitrogen functional groups attached to an aromatic ring is 1. The summed E-state index contributed by atoms with van der Waals surface area (Å²) in [5.74, 6) is 0. The highest BCUT2D eigenvalue weighted by atomic mass is 14.8. The van der Waals surface area contributed by atoms with Crippen molar-refractivity contribution in [2.75, 3.05) is 5.73 Å². The first-order valence-electron chi connectivity index (χ1n) is 6.15. The molecule has 0 bridgehead atoms. The smallest absolute Gasteiger partial charge is 0.0866 e. The second-order valence-corrected chi connectivity index (χ2v) is 4.45. The van der Waals surface area contributed by atoms with Crippen LogP contribution in [0.1, 0.15) is 11.1 Å². The molecule has 2 aromatic carbocycles. The first kappa shape index (κ1) is 11.5. The van der Waals surface area contributed by atoms with E-state index in [0.29, 0.717) is 5.69 Å². The lowest BCUT2D eigenvalue weighted by Gasteiger charge is -2.15. The summed E-state index contributed by atoms with van der Waals surface area (Å²) in [6.07, 6.45) is 4.04. The first-order chi connectivity index (χ1) is 9.25. The topological polar surface area (TPSA) is 38.4 Å². The third-order valence-corrected chi connectivity index (χ3v) is 3.19. The van der Waals surface area contributed by atoms with E-state index in [1.54, 1.807) is 0 Å². The van der Waals surface area contributed by atoms with Gasteiger partial charge in [-0.15, -0.1) is 0 Å². The van der Waals surface area contributed by atoms with Crippen molar-refractivity contribution in [2.45, 2.75) is 0 Å². The molecule has 1 aliphatic rings. The van der Waals surface area contributed by atoms with Crippen molar-refractivity contribution in [1.29, 1.82) is 0 Å². The maximum absolute atomic E-state index is 5.92. The summed E-state index contributed by atoms with van der Waals surface area (Å²) in [6.45, 7) is 4.14. The number of benzene rings is 2. The molecule has 0 aliphatic heterocycles. The zero-order valence-electron chi connectivity index (χ0n) is 10.5. The molecule has 92 valence electrons. The van der Waals surface area contributed by atoms with Gasteiger partial charge in [-0.3, -0.25) is 0 Å². The number of aliphatic imine (C=N–C) groups is 1. The Balaban J connectivity index is 2.06. The van der Waals surface area contributed by atoms with Gasteiger partial charge in [0.05, 0.1) is 17.1 Å². The molecule has 2 N–H and O–H groups in total. The zero-order chi connectivity index (χ0) is 13.2. The van der Waals surface area contributed by atoms with Crippen LogP contribution in [0, 0.1) is 0 Å². The van der Waals surface area contributed by atoms with E-state index < -0.39 is 0 Å². The predicted octanol–water partition coefficient (Wildman–Crippen LogP) is 4.08. The number of hydrogen-bond donors (Lipinski definition) is 1. The monoisotopic (exact) mass is 246 g/mol. The molecular formula is C17H14N2. The molecule has 0 saturated carbocycles.